The number of hydrogen-bond donors (Lipinski definition) is 0. The Morgan fingerprint density at radius 1 is 0.471 bits per heavy atom. The van der Waals surface area contributed by atoms with Gasteiger partial charge in [0.1, 0.15) is 11.2 Å². The van der Waals surface area contributed by atoms with E-state index in [2.05, 4.69) is 183 Å². The molecule has 0 unspecified atom stereocenters. The van der Waals surface area contributed by atoms with E-state index in [1.807, 2.05) is 12.1 Å². The van der Waals surface area contributed by atoms with Gasteiger partial charge < -0.3 is 9.32 Å². The number of furan rings is 1. The second kappa shape index (κ2) is 11.3. The van der Waals surface area contributed by atoms with Crippen molar-refractivity contribution in [3.05, 3.63) is 187 Å². The van der Waals surface area contributed by atoms with Crippen LogP contribution in [0.25, 0.3) is 66.1 Å². The predicted octanol–water partition coefficient (Wildman–Crippen LogP) is 13.8. The van der Waals surface area contributed by atoms with E-state index in [4.69, 9.17) is 4.42 Å². The topological polar surface area (TPSA) is 16.4 Å². The van der Waals surface area contributed by atoms with Gasteiger partial charge in [0.25, 0.3) is 0 Å². The van der Waals surface area contributed by atoms with Crippen molar-refractivity contribution < 1.29 is 4.42 Å². The van der Waals surface area contributed by atoms with Crippen LogP contribution in [0.2, 0.25) is 0 Å². The van der Waals surface area contributed by atoms with Crippen LogP contribution in [-0.4, -0.2) is 0 Å². The highest BCUT2D eigenvalue weighted by atomic mass is 16.3. The number of nitrogens with zero attached hydrogens (tertiary/aromatic N) is 1. The third kappa shape index (κ3) is 4.57. The summed E-state index contributed by atoms with van der Waals surface area (Å²) < 4.78 is 6.25. The van der Waals surface area contributed by atoms with Crippen molar-refractivity contribution in [1.29, 1.82) is 0 Å². The molecule has 9 aromatic rings. The van der Waals surface area contributed by atoms with Gasteiger partial charge in [-0.05, 0) is 92.2 Å². The first-order chi connectivity index (χ1) is 25.1. The zero-order valence-corrected chi connectivity index (χ0v) is 28.6. The normalized spacial score (nSPS) is 13.1. The van der Waals surface area contributed by atoms with Crippen molar-refractivity contribution >= 4 is 49.8 Å². The van der Waals surface area contributed by atoms with Crippen LogP contribution in [0.3, 0.4) is 0 Å². The minimum absolute atomic E-state index is 0.152. The summed E-state index contributed by atoms with van der Waals surface area (Å²) in [6, 6.07) is 63.6. The molecular weight excluding hydrogens is 619 g/mol. The van der Waals surface area contributed by atoms with E-state index in [0.717, 1.165) is 38.9 Å². The fourth-order valence-electron chi connectivity index (χ4n) is 8.48. The Labute approximate surface area is 297 Å². The Hall–Kier alpha value is -6.38. The Balaban J connectivity index is 1.20. The number of benzene rings is 8. The van der Waals surface area contributed by atoms with Gasteiger partial charge in [-0.2, -0.15) is 0 Å². The molecule has 242 valence electrons. The molecule has 1 aliphatic carbocycles. The Morgan fingerprint density at radius 2 is 1.06 bits per heavy atom. The van der Waals surface area contributed by atoms with Crippen LogP contribution in [-0.2, 0) is 5.41 Å². The number of anilines is 3. The molecule has 0 aliphatic heterocycles. The Kier molecular flexibility index (Phi) is 6.56. The number of hydrogen-bond acceptors (Lipinski definition) is 2. The second-order valence-corrected chi connectivity index (χ2v) is 14.1. The highest BCUT2D eigenvalue weighted by Gasteiger charge is 2.39. The average molecular weight is 654 g/mol. The lowest BCUT2D eigenvalue weighted by molar-refractivity contribution is 0.666. The summed E-state index contributed by atoms with van der Waals surface area (Å²) in [5.41, 5.74) is 15.2. The van der Waals surface area contributed by atoms with Gasteiger partial charge in [-0.3, -0.25) is 0 Å². The molecule has 0 saturated heterocycles. The van der Waals surface area contributed by atoms with Crippen molar-refractivity contribution in [3.63, 3.8) is 0 Å². The molecule has 0 saturated carbocycles. The van der Waals surface area contributed by atoms with E-state index < -0.39 is 0 Å². The number of para-hydroxylation sites is 1. The van der Waals surface area contributed by atoms with Crippen molar-refractivity contribution in [3.8, 4) is 33.4 Å². The zero-order valence-electron chi connectivity index (χ0n) is 28.6. The molecule has 51 heavy (non-hydrogen) atoms. The van der Waals surface area contributed by atoms with Crippen LogP contribution in [0.4, 0.5) is 17.1 Å². The molecule has 2 nitrogen and oxygen atoms in total. The van der Waals surface area contributed by atoms with Crippen LogP contribution in [0.5, 0.6) is 0 Å². The van der Waals surface area contributed by atoms with Crippen LogP contribution in [0.15, 0.2) is 180 Å². The number of fused-ring (bicyclic) bond motifs is 8. The van der Waals surface area contributed by atoms with Crippen LogP contribution < -0.4 is 4.90 Å². The standard InChI is InChI=1S/C49H35NO/c1-49(2)42-20-10-8-17-40(42)47-43(31-35-15-6-7-16-39(35)48(47)49)50(36-27-23-33(24-28-36)32-13-4-3-5-14-32)37-29-25-34(26-30-37)38-19-12-22-45-46(38)41-18-9-11-21-44(41)51-45/h3-31H,1-2H3. The summed E-state index contributed by atoms with van der Waals surface area (Å²) in [7, 11) is 0. The maximum atomic E-state index is 6.25. The molecule has 0 fully saturated rings. The molecule has 10 rings (SSSR count). The SMILES string of the molecule is CC1(C)c2ccccc2-c2c(N(c3ccc(-c4ccccc4)cc3)c3ccc(-c4cccc5oc6ccccc6c45)cc3)cc3ccccc3c21. The molecule has 1 aromatic heterocycles. The fourth-order valence-corrected chi connectivity index (χ4v) is 8.48. The van der Waals surface area contributed by atoms with Gasteiger partial charge >= 0.3 is 0 Å². The maximum Gasteiger partial charge on any atom is 0.136 e. The van der Waals surface area contributed by atoms with Crippen molar-refractivity contribution in [1.82, 2.24) is 0 Å². The average Bonchev–Trinajstić information content (AvgIpc) is 3.68. The van der Waals surface area contributed by atoms with Crippen LogP contribution in [0.1, 0.15) is 25.0 Å². The highest BCUT2D eigenvalue weighted by Crippen LogP contribution is 2.56. The summed E-state index contributed by atoms with van der Waals surface area (Å²) in [5.74, 6) is 0. The van der Waals surface area contributed by atoms with Gasteiger partial charge in [0.05, 0.1) is 5.69 Å². The summed E-state index contributed by atoms with van der Waals surface area (Å²) in [4.78, 5) is 2.45. The first-order valence-corrected chi connectivity index (χ1v) is 17.7. The largest absolute Gasteiger partial charge is 0.456 e. The molecule has 0 radical (unpaired) electrons. The van der Waals surface area contributed by atoms with E-state index in [1.54, 1.807) is 0 Å². The lowest BCUT2D eigenvalue weighted by atomic mass is 9.80. The summed E-state index contributed by atoms with van der Waals surface area (Å²) in [5, 5.41) is 4.85. The fraction of sp³-hybridized carbons (Fsp3) is 0.0612. The molecule has 0 spiro atoms. The van der Waals surface area contributed by atoms with Crippen LogP contribution >= 0.6 is 0 Å². The van der Waals surface area contributed by atoms with E-state index in [0.29, 0.717) is 0 Å². The zero-order chi connectivity index (χ0) is 34.1. The van der Waals surface area contributed by atoms with Gasteiger partial charge in [-0.1, -0.05) is 147 Å². The second-order valence-electron chi connectivity index (χ2n) is 14.1. The predicted molar refractivity (Wildman–Crippen MR) is 214 cm³/mol. The van der Waals surface area contributed by atoms with Crippen molar-refractivity contribution in [2.45, 2.75) is 19.3 Å². The molecule has 1 heterocycles. The molecule has 1 aliphatic rings. The molecule has 2 heteroatoms. The van der Waals surface area contributed by atoms with E-state index >= 15 is 0 Å². The summed E-state index contributed by atoms with van der Waals surface area (Å²) >= 11 is 0. The van der Waals surface area contributed by atoms with E-state index in [-0.39, 0.29) is 5.41 Å². The van der Waals surface area contributed by atoms with Gasteiger partial charge in [0, 0.05) is 33.1 Å². The molecule has 0 amide bonds. The first-order valence-electron chi connectivity index (χ1n) is 17.7. The molecule has 0 atom stereocenters. The van der Waals surface area contributed by atoms with Crippen molar-refractivity contribution in [2.75, 3.05) is 4.90 Å². The third-order valence-electron chi connectivity index (χ3n) is 10.8. The first kappa shape index (κ1) is 29.5. The molecule has 0 N–H and O–H groups in total. The van der Waals surface area contributed by atoms with Gasteiger partial charge in [0.15, 0.2) is 0 Å². The Morgan fingerprint density at radius 3 is 1.84 bits per heavy atom. The highest BCUT2D eigenvalue weighted by molar-refractivity contribution is 6.12. The minimum atomic E-state index is -0.152. The third-order valence-corrected chi connectivity index (χ3v) is 10.8. The monoisotopic (exact) mass is 653 g/mol. The van der Waals surface area contributed by atoms with Crippen molar-refractivity contribution in [2.24, 2.45) is 0 Å². The quantitative estimate of drug-likeness (QED) is 0.184. The lowest BCUT2D eigenvalue weighted by Crippen LogP contribution is -2.16. The summed E-state index contributed by atoms with van der Waals surface area (Å²) in [6.45, 7) is 4.75. The number of rotatable bonds is 5. The minimum Gasteiger partial charge on any atom is -0.456 e. The van der Waals surface area contributed by atoms with Gasteiger partial charge in [-0.25, -0.2) is 0 Å². The van der Waals surface area contributed by atoms with E-state index in [9.17, 15) is 0 Å². The van der Waals surface area contributed by atoms with Gasteiger partial charge in [-0.15, -0.1) is 0 Å². The molecular formula is C49H35NO. The van der Waals surface area contributed by atoms with Crippen LogP contribution in [0, 0.1) is 0 Å². The molecule has 8 aromatic carbocycles. The smallest absolute Gasteiger partial charge is 0.136 e. The molecule has 0 bridgehead atoms. The van der Waals surface area contributed by atoms with Gasteiger partial charge in [0.2, 0.25) is 0 Å². The maximum absolute atomic E-state index is 6.25. The van der Waals surface area contributed by atoms with E-state index in [1.165, 1.54) is 55.4 Å². The Bertz CT molecular complexity index is 2750. The summed E-state index contributed by atoms with van der Waals surface area (Å²) in [6.07, 6.45) is 0. The lowest BCUT2D eigenvalue weighted by Gasteiger charge is -2.30.